The standard InChI is InChI=1S/C28H31N7O3/c1-4-34-13-15-35(16-14-34)27(37)19-5-7-20(8-6-19)31-28-32-23-17-21(9-10-25(23)33(28)3)38-22-11-12-30-24(18-22)26(36)29-2/h5-12,17-18H,4,13-16H2,1-3H3,(H,29,36)(H,31,32). The van der Waals surface area contributed by atoms with Crippen LogP contribution in [0, 0.1) is 0 Å². The minimum Gasteiger partial charge on any atom is -0.457 e. The molecular formula is C28H31N7O3. The maximum Gasteiger partial charge on any atom is 0.269 e. The van der Waals surface area contributed by atoms with Crippen molar-refractivity contribution in [2.45, 2.75) is 6.92 Å². The summed E-state index contributed by atoms with van der Waals surface area (Å²) < 4.78 is 7.92. The van der Waals surface area contributed by atoms with E-state index in [1.807, 2.05) is 59.0 Å². The lowest BCUT2D eigenvalue weighted by Crippen LogP contribution is -2.48. The smallest absolute Gasteiger partial charge is 0.269 e. The lowest BCUT2D eigenvalue weighted by atomic mass is 10.1. The van der Waals surface area contributed by atoms with Gasteiger partial charge in [0.1, 0.15) is 17.2 Å². The number of rotatable bonds is 7. The van der Waals surface area contributed by atoms with Crippen molar-refractivity contribution in [3.8, 4) is 11.5 Å². The van der Waals surface area contributed by atoms with Crippen LogP contribution in [0.5, 0.6) is 11.5 Å². The second-order valence-electron chi connectivity index (χ2n) is 9.13. The lowest BCUT2D eigenvalue weighted by Gasteiger charge is -2.34. The Morgan fingerprint density at radius 2 is 1.71 bits per heavy atom. The third kappa shape index (κ3) is 5.30. The van der Waals surface area contributed by atoms with Gasteiger partial charge in [0.2, 0.25) is 5.95 Å². The molecule has 1 aliphatic heterocycles. The zero-order valence-electron chi connectivity index (χ0n) is 21.8. The normalized spacial score (nSPS) is 13.9. The number of nitrogens with zero attached hydrogens (tertiary/aromatic N) is 5. The van der Waals surface area contributed by atoms with E-state index < -0.39 is 0 Å². The molecule has 0 saturated carbocycles. The van der Waals surface area contributed by atoms with E-state index in [4.69, 9.17) is 9.72 Å². The molecule has 1 aliphatic rings. The monoisotopic (exact) mass is 513 g/mol. The van der Waals surface area contributed by atoms with Gasteiger partial charge in [0.25, 0.3) is 11.8 Å². The van der Waals surface area contributed by atoms with Gasteiger partial charge in [0.15, 0.2) is 0 Å². The molecule has 10 nitrogen and oxygen atoms in total. The molecule has 0 radical (unpaired) electrons. The molecule has 0 atom stereocenters. The molecule has 10 heteroatoms. The first-order chi connectivity index (χ1) is 18.4. The number of hydrogen-bond acceptors (Lipinski definition) is 7. The topological polar surface area (TPSA) is 105 Å². The maximum atomic E-state index is 12.9. The number of carbonyl (C=O) groups excluding carboxylic acids is 2. The van der Waals surface area contributed by atoms with Crippen molar-refractivity contribution in [1.29, 1.82) is 0 Å². The van der Waals surface area contributed by atoms with Gasteiger partial charge in [-0.05, 0) is 49.0 Å². The molecule has 0 aliphatic carbocycles. The van der Waals surface area contributed by atoms with Crippen LogP contribution in [0.25, 0.3) is 11.0 Å². The van der Waals surface area contributed by atoms with Crippen LogP contribution in [0.2, 0.25) is 0 Å². The third-order valence-corrected chi connectivity index (χ3v) is 6.77. The van der Waals surface area contributed by atoms with Gasteiger partial charge in [-0.25, -0.2) is 4.98 Å². The molecule has 1 saturated heterocycles. The molecule has 4 aromatic rings. The highest BCUT2D eigenvalue weighted by atomic mass is 16.5. The predicted molar refractivity (Wildman–Crippen MR) is 146 cm³/mol. The summed E-state index contributed by atoms with van der Waals surface area (Å²) in [6.07, 6.45) is 1.53. The lowest BCUT2D eigenvalue weighted by molar-refractivity contribution is 0.0643. The van der Waals surface area contributed by atoms with Crippen LogP contribution in [0.3, 0.4) is 0 Å². The van der Waals surface area contributed by atoms with E-state index in [1.165, 1.54) is 6.20 Å². The van der Waals surface area contributed by atoms with Crippen molar-refractivity contribution in [2.75, 3.05) is 45.1 Å². The molecular weight excluding hydrogens is 482 g/mol. The van der Waals surface area contributed by atoms with Crippen LogP contribution in [0.4, 0.5) is 11.6 Å². The van der Waals surface area contributed by atoms with Crippen LogP contribution in [0.15, 0.2) is 60.8 Å². The first-order valence-corrected chi connectivity index (χ1v) is 12.7. The Bertz CT molecular complexity index is 1460. The highest BCUT2D eigenvalue weighted by Gasteiger charge is 2.21. The van der Waals surface area contributed by atoms with Crippen LogP contribution in [0.1, 0.15) is 27.8 Å². The summed E-state index contributed by atoms with van der Waals surface area (Å²) in [6.45, 7) is 6.52. The predicted octanol–water partition coefficient (Wildman–Crippen LogP) is 3.64. The maximum absolute atomic E-state index is 12.9. The van der Waals surface area contributed by atoms with Gasteiger partial charge in [0.05, 0.1) is 11.0 Å². The second kappa shape index (κ2) is 10.9. The highest BCUT2D eigenvalue weighted by Crippen LogP contribution is 2.28. The number of aromatic nitrogens is 3. The Morgan fingerprint density at radius 3 is 2.42 bits per heavy atom. The number of piperazine rings is 1. The first kappa shape index (κ1) is 25.2. The quantitative estimate of drug-likeness (QED) is 0.389. The minimum absolute atomic E-state index is 0.0687. The van der Waals surface area contributed by atoms with E-state index in [1.54, 1.807) is 19.2 Å². The van der Waals surface area contributed by atoms with Crippen LogP contribution < -0.4 is 15.4 Å². The molecule has 5 rings (SSSR count). The SMILES string of the molecule is CCN1CCN(C(=O)c2ccc(Nc3nc4cc(Oc5ccnc(C(=O)NC)c5)ccc4n3C)cc2)CC1. The number of nitrogens with one attached hydrogen (secondary N) is 2. The van der Waals surface area contributed by atoms with Crippen LogP contribution in [-0.2, 0) is 7.05 Å². The summed E-state index contributed by atoms with van der Waals surface area (Å²) in [5.41, 5.74) is 3.49. The average molecular weight is 514 g/mol. The molecule has 196 valence electrons. The van der Waals surface area contributed by atoms with Gasteiger partial charge in [-0.1, -0.05) is 6.92 Å². The fourth-order valence-electron chi connectivity index (χ4n) is 4.49. The van der Waals surface area contributed by atoms with Crippen molar-refractivity contribution in [3.63, 3.8) is 0 Å². The molecule has 2 aromatic carbocycles. The largest absolute Gasteiger partial charge is 0.457 e. The molecule has 0 spiro atoms. The Hall–Kier alpha value is -4.44. The van der Waals surface area contributed by atoms with Crippen molar-refractivity contribution in [1.82, 2.24) is 29.7 Å². The number of hydrogen-bond donors (Lipinski definition) is 2. The van der Waals surface area contributed by atoms with Gasteiger partial charge in [-0.15, -0.1) is 0 Å². The van der Waals surface area contributed by atoms with Gasteiger partial charge >= 0.3 is 0 Å². The summed E-state index contributed by atoms with van der Waals surface area (Å²) in [6, 6.07) is 16.4. The number of likely N-dealkylation sites (N-methyl/N-ethyl adjacent to an activating group) is 1. The van der Waals surface area contributed by atoms with Gasteiger partial charge in [0, 0.05) is 69.9 Å². The van der Waals surface area contributed by atoms with E-state index in [2.05, 4.69) is 27.4 Å². The summed E-state index contributed by atoms with van der Waals surface area (Å²) in [4.78, 5) is 37.8. The van der Waals surface area contributed by atoms with Crippen molar-refractivity contribution < 1.29 is 14.3 Å². The third-order valence-electron chi connectivity index (χ3n) is 6.77. The molecule has 0 unspecified atom stereocenters. The fourth-order valence-corrected chi connectivity index (χ4v) is 4.49. The number of amides is 2. The Labute approximate surface area is 221 Å². The van der Waals surface area contributed by atoms with Crippen molar-refractivity contribution >= 4 is 34.5 Å². The van der Waals surface area contributed by atoms with Gasteiger partial charge in [-0.3, -0.25) is 14.6 Å². The molecule has 3 heterocycles. The fraction of sp³-hybridized carbons (Fsp3) is 0.286. The van der Waals surface area contributed by atoms with E-state index in [0.717, 1.165) is 49.4 Å². The van der Waals surface area contributed by atoms with E-state index >= 15 is 0 Å². The number of aryl methyl sites for hydroxylation is 1. The van der Waals surface area contributed by atoms with Crippen LogP contribution in [-0.4, -0.2) is 75.9 Å². The number of ether oxygens (including phenoxy) is 1. The first-order valence-electron chi connectivity index (χ1n) is 12.7. The Morgan fingerprint density at radius 1 is 0.974 bits per heavy atom. The molecule has 2 amide bonds. The summed E-state index contributed by atoms with van der Waals surface area (Å²) >= 11 is 0. The number of anilines is 2. The number of benzene rings is 2. The Balaban J connectivity index is 1.28. The van der Waals surface area contributed by atoms with E-state index in [0.29, 0.717) is 23.0 Å². The van der Waals surface area contributed by atoms with Crippen molar-refractivity contribution in [3.05, 3.63) is 72.1 Å². The van der Waals surface area contributed by atoms with Crippen molar-refractivity contribution in [2.24, 2.45) is 7.05 Å². The van der Waals surface area contributed by atoms with Crippen LogP contribution >= 0.6 is 0 Å². The zero-order chi connectivity index (χ0) is 26.6. The summed E-state index contributed by atoms with van der Waals surface area (Å²) in [5, 5.41) is 5.90. The Kier molecular flexibility index (Phi) is 7.23. The summed E-state index contributed by atoms with van der Waals surface area (Å²) in [5.74, 6) is 1.56. The van der Waals surface area contributed by atoms with E-state index in [9.17, 15) is 9.59 Å². The second-order valence-corrected chi connectivity index (χ2v) is 9.13. The minimum atomic E-state index is -0.279. The number of imidazole rings is 1. The molecule has 0 bridgehead atoms. The average Bonchev–Trinajstić information content (AvgIpc) is 3.26. The summed E-state index contributed by atoms with van der Waals surface area (Å²) in [7, 11) is 3.49. The number of fused-ring (bicyclic) bond motifs is 1. The molecule has 1 fully saturated rings. The van der Waals surface area contributed by atoms with Gasteiger partial charge < -0.3 is 29.7 Å². The highest BCUT2D eigenvalue weighted by molar-refractivity contribution is 5.95. The number of pyridine rings is 1. The van der Waals surface area contributed by atoms with Gasteiger partial charge in [-0.2, -0.15) is 0 Å². The van der Waals surface area contributed by atoms with E-state index in [-0.39, 0.29) is 17.5 Å². The number of carbonyl (C=O) groups is 2. The molecule has 2 N–H and O–H groups in total. The zero-order valence-corrected chi connectivity index (χ0v) is 21.8. The molecule has 38 heavy (non-hydrogen) atoms. The molecule has 2 aromatic heterocycles.